The normalized spacial score (nSPS) is 14.3. The standard InChI is InChI=1S/C22H29N3O5/c1-21(2,3)29-19(27)24-12-11-16-17(13-24)25(20(28)30-22(4,5)6)18(23-16)14-7-9-15(26)10-8-14/h7-10,26H,11-13H2,1-6H3. The number of aromatic hydroxyl groups is 1. The van der Waals surface area contributed by atoms with Crippen molar-refractivity contribution in [1.82, 2.24) is 14.5 Å². The highest BCUT2D eigenvalue weighted by molar-refractivity contribution is 5.79. The Balaban J connectivity index is 2.02. The monoisotopic (exact) mass is 415 g/mol. The van der Waals surface area contributed by atoms with Gasteiger partial charge in [0.25, 0.3) is 0 Å². The van der Waals surface area contributed by atoms with Gasteiger partial charge >= 0.3 is 12.2 Å². The molecule has 0 spiro atoms. The second-order valence-electron chi connectivity index (χ2n) is 9.34. The number of rotatable bonds is 1. The van der Waals surface area contributed by atoms with Gasteiger partial charge in [-0.3, -0.25) is 0 Å². The summed E-state index contributed by atoms with van der Waals surface area (Å²) >= 11 is 0. The Morgan fingerprint density at radius 2 is 1.53 bits per heavy atom. The summed E-state index contributed by atoms with van der Waals surface area (Å²) < 4.78 is 12.5. The quantitative estimate of drug-likeness (QED) is 0.745. The second kappa shape index (κ2) is 7.66. The van der Waals surface area contributed by atoms with Gasteiger partial charge in [-0.25, -0.2) is 19.1 Å². The molecule has 1 aliphatic heterocycles. The molecule has 0 aliphatic carbocycles. The SMILES string of the molecule is CC(C)(C)OC(=O)N1CCc2nc(-c3ccc(O)cc3)n(C(=O)OC(C)(C)C)c2C1. The van der Waals surface area contributed by atoms with Gasteiger partial charge in [-0.15, -0.1) is 0 Å². The molecule has 1 aliphatic rings. The molecule has 1 N–H and O–H groups in total. The van der Waals surface area contributed by atoms with Crippen molar-refractivity contribution in [2.45, 2.75) is 65.7 Å². The molecule has 0 saturated heterocycles. The van der Waals surface area contributed by atoms with Crippen LogP contribution in [0.1, 0.15) is 52.9 Å². The summed E-state index contributed by atoms with van der Waals surface area (Å²) in [6.07, 6.45) is -0.503. The molecular weight excluding hydrogens is 386 g/mol. The van der Waals surface area contributed by atoms with E-state index in [2.05, 4.69) is 4.98 Å². The van der Waals surface area contributed by atoms with Gasteiger partial charge < -0.3 is 19.5 Å². The number of imidazole rings is 1. The van der Waals surface area contributed by atoms with Crippen LogP contribution in [0.25, 0.3) is 11.4 Å². The van der Waals surface area contributed by atoms with Gasteiger partial charge in [0.1, 0.15) is 22.8 Å². The summed E-state index contributed by atoms with van der Waals surface area (Å²) in [5.74, 6) is 0.537. The summed E-state index contributed by atoms with van der Waals surface area (Å²) in [5.41, 5.74) is 0.699. The van der Waals surface area contributed by atoms with Crippen molar-refractivity contribution in [3.63, 3.8) is 0 Å². The minimum atomic E-state index is -0.694. The Morgan fingerprint density at radius 1 is 0.967 bits per heavy atom. The van der Waals surface area contributed by atoms with Crippen LogP contribution < -0.4 is 0 Å². The van der Waals surface area contributed by atoms with Crippen molar-refractivity contribution in [3.05, 3.63) is 35.7 Å². The van der Waals surface area contributed by atoms with E-state index in [1.54, 1.807) is 37.8 Å². The highest BCUT2D eigenvalue weighted by Crippen LogP contribution is 2.29. The summed E-state index contributed by atoms with van der Waals surface area (Å²) in [5, 5.41) is 9.61. The van der Waals surface area contributed by atoms with Gasteiger partial charge in [-0.05, 0) is 65.8 Å². The van der Waals surface area contributed by atoms with E-state index in [1.165, 1.54) is 16.7 Å². The molecule has 0 saturated carbocycles. The van der Waals surface area contributed by atoms with Crippen LogP contribution in [-0.2, 0) is 22.4 Å². The highest BCUT2D eigenvalue weighted by Gasteiger charge is 2.33. The van der Waals surface area contributed by atoms with Crippen LogP contribution in [0.4, 0.5) is 9.59 Å². The van der Waals surface area contributed by atoms with Crippen molar-refractivity contribution in [1.29, 1.82) is 0 Å². The Kier molecular flexibility index (Phi) is 5.54. The molecule has 1 aromatic carbocycles. The number of carbonyl (C=O) groups is 2. The molecule has 2 aromatic rings. The smallest absolute Gasteiger partial charge is 0.420 e. The van der Waals surface area contributed by atoms with E-state index in [4.69, 9.17) is 9.47 Å². The molecule has 1 aromatic heterocycles. The largest absolute Gasteiger partial charge is 0.508 e. The fourth-order valence-corrected chi connectivity index (χ4v) is 3.15. The number of phenols is 1. The fourth-order valence-electron chi connectivity index (χ4n) is 3.15. The minimum absolute atomic E-state index is 0.120. The molecule has 30 heavy (non-hydrogen) atoms. The van der Waals surface area contributed by atoms with Crippen LogP contribution in [0.15, 0.2) is 24.3 Å². The first-order valence-electron chi connectivity index (χ1n) is 9.95. The van der Waals surface area contributed by atoms with Crippen LogP contribution >= 0.6 is 0 Å². The van der Waals surface area contributed by atoms with E-state index in [1.807, 2.05) is 20.8 Å². The van der Waals surface area contributed by atoms with Crippen LogP contribution in [0, 0.1) is 0 Å². The number of hydrogen-bond donors (Lipinski definition) is 1. The molecule has 162 valence electrons. The number of amides is 1. The van der Waals surface area contributed by atoms with Crippen molar-refractivity contribution in [2.75, 3.05) is 6.54 Å². The molecule has 3 rings (SSSR count). The van der Waals surface area contributed by atoms with Gasteiger partial charge in [0.2, 0.25) is 0 Å². The Hall–Kier alpha value is -3.03. The summed E-state index contributed by atoms with van der Waals surface area (Å²) in [7, 11) is 0. The number of fused-ring (bicyclic) bond motifs is 1. The Labute approximate surface area is 176 Å². The first kappa shape index (κ1) is 21.7. The van der Waals surface area contributed by atoms with E-state index < -0.39 is 23.4 Å². The maximum atomic E-state index is 13.1. The van der Waals surface area contributed by atoms with Crippen molar-refractivity contribution in [3.8, 4) is 17.1 Å². The zero-order valence-electron chi connectivity index (χ0n) is 18.4. The number of hydrogen-bond acceptors (Lipinski definition) is 6. The molecular formula is C22H29N3O5. The van der Waals surface area contributed by atoms with E-state index in [0.717, 1.165) is 5.69 Å². The molecule has 0 atom stereocenters. The first-order valence-corrected chi connectivity index (χ1v) is 9.95. The molecule has 0 radical (unpaired) electrons. The highest BCUT2D eigenvalue weighted by atomic mass is 16.6. The fraction of sp³-hybridized carbons (Fsp3) is 0.500. The predicted octanol–water partition coefficient (Wildman–Crippen LogP) is 4.33. The molecule has 2 heterocycles. The van der Waals surface area contributed by atoms with Gasteiger partial charge in [0.15, 0.2) is 0 Å². The number of carbonyl (C=O) groups excluding carboxylic acids is 2. The first-order chi connectivity index (χ1) is 13.8. The van der Waals surface area contributed by atoms with Gasteiger partial charge in [0.05, 0.1) is 17.9 Å². The molecule has 0 unspecified atom stereocenters. The Morgan fingerprint density at radius 3 is 2.10 bits per heavy atom. The lowest BCUT2D eigenvalue weighted by Crippen LogP contribution is -2.41. The number of nitrogens with zero attached hydrogens (tertiary/aromatic N) is 3. The number of ether oxygens (including phenoxy) is 2. The maximum Gasteiger partial charge on any atom is 0.420 e. The molecule has 0 fully saturated rings. The maximum absolute atomic E-state index is 13.1. The lowest BCUT2D eigenvalue weighted by atomic mass is 10.1. The predicted molar refractivity (Wildman–Crippen MR) is 111 cm³/mol. The number of phenolic OH excluding ortho intramolecular Hbond substituents is 1. The van der Waals surface area contributed by atoms with E-state index in [0.29, 0.717) is 30.0 Å². The topological polar surface area (TPSA) is 93.9 Å². The molecule has 8 heteroatoms. The molecule has 0 bridgehead atoms. The van der Waals surface area contributed by atoms with Gasteiger partial charge in [0, 0.05) is 18.5 Å². The molecule has 8 nitrogen and oxygen atoms in total. The second-order valence-corrected chi connectivity index (χ2v) is 9.34. The zero-order valence-corrected chi connectivity index (χ0v) is 18.4. The van der Waals surface area contributed by atoms with Gasteiger partial charge in [-0.1, -0.05) is 0 Å². The van der Waals surface area contributed by atoms with E-state index >= 15 is 0 Å². The lowest BCUT2D eigenvalue weighted by molar-refractivity contribution is 0.0211. The summed E-state index contributed by atoms with van der Waals surface area (Å²) in [4.78, 5) is 31.9. The van der Waals surface area contributed by atoms with Crippen molar-refractivity contribution in [2.24, 2.45) is 0 Å². The molecule has 1 amide bonds. The average Bonchev–Trinajstić information content (AvgIpc) is 2.98. The summed E-state index contributed by atoms with van der Waals surface area (Å²) in [6.45, 7) is 11.5. The number of aromatic nitrogens is 2. The van der Waals surface area contributed by atoms with Crippen molar-refractivity contribution < 1.29 is 24.2 Å². The minimum Gasteiger partial charge on any atom is -0.508 e. The zero-order chi connectivity index (χ0) is 22.3. The average molecular weight is 415 g/mol. The lowest BCUT2D eigenvalue weighted by Gasteiger charge is -2.30. The number of benzene rings is 1. The van der Waals surface area contributed by atoms with Crippen LogP contribution in [0.2, 0.25) is 0 Å². The third-order valence-electron chi connectivity index (χ3n) is 4.37. The third kappa shape index (κ3) is 4.93. The Bertz CT molecular complexity index is 949. The van der Waals surface area contributed by atoms with Crippen LogP contribution in [0.3, 0.4) is 0 Å². The van der Waals surface area contributed by atoms with E-state index in [-0.39, 0.29) is 12.3 Å². The van der Waals surface area contributed by atoms with Crippen LogP contribution in [-0.4, -0.2) is 49.5 Å². The third-order valence-corrected chi connectivity index (χ3v) is 4.37. The van der Waals surface area contributed by atoms with Crippen LogP contribution in [0.5, 0.6) is 5.75 Å². The van der Waals surface area contributed by atoms with Gasteiger partial charge in [-0.2, -0.15) is 0 Å². The van der Waals surface area contributed by atoms with E-state index in [9.17, 15) is 14.7 Å². The summed E-state index contributed by atoms with van der Waals surface area (Å²) in [6, 6.07) is 6.45. The van der Waals surface area contributed by atoms with Crippen molar-refractivity contribution >= 4 is 12.2 Å².